The molecular weight excluding hydrogens is 164 g/mol. The smallest absolute Gasteiger partial charge is 0.158 e. The Morgan fingerprint density at radius 1 is 1.23 bits per heavy atom. The molecule has 0 aromatic carbocycles. The van der Waals surface area contributed by atoms with Crippen molar-refractivity contribution < 1.29 is 9.53 Å². The highest BCUT2D eigenvalue weighted by atomic mass is 16.5. The molecule has 0 saturated carbocycles. The molecule has 0 radical (unpaired) electrons. The second kappa shape index (κ2) is 6.14. The molecule has 0 unspecified atom stereocenters. The SMILES string of the molecule is CCCCCC(=O)COC(C)(C)C. The first-order valence-corrected chi connectivity index (χ1v) is 5.11. The van der Waals surface area contributed by atoms with Crippen molar-refractivity contribution in [2.45, 2.75) is 59.0 Å². The topological polar surface area (TPSA) is 26.3 Å². The number of Topliss-reactive ketones (excluding diaryl/α,β-unsaturated/α-hetero) is 1. The van der Waals surface area contributed by atoms with Gasteiger partial charge in [-0.05, 0) is 27.2 Å². The summed E-state index contributed by atoms with van der Waals surface area (Å²) in [4.78, 5) is 11.2. The lowest BCUT2D eigenvalue weighted by Gasteiger charge is -2.18. The molecule has 0 aliphatic carbocycles. The third-order valence-corrected chi connectivity index (χ3v) is 1.73. The van der Waals surface area contributed by atoms with Crippen molar-refractivity contribution >= 4 is 5.78 Å². The lowest BCUT2D eigenvalue weighted by Crippen LogP contribution is -2.23. The molecule has 13 heavy (non-hydrogen) atoms. The van der Waals surface area contributed by atoms with E-state index in [4.69, 9.17) is 4.74 Å². The van der Waals surface area contributed by atoms with Gasteiger partial charge in [-0.15, -0.1) is 0 Å². The Labute approximate surface area is 81.7 Å². The van der Waals surface area contributed by atoms with E-state index in [-0.39, 0.29) is 18.0 Å². The maximum absolute atomic E-state index is 11.2. The number of unbranched alkanes of at least 4 members (excludes halogenated alkanes) is 2. The van der Waals surface area contributed by atoms with Crippen molar-refractivity contribution in [1.82, 2.24) is 0 Å². The molecule has 0 N–H and O–H groups in total. The van der Waals surface area contributed by atoms with Crippen LogP contribution in [0, 0.1) is 0 Å². The van der Waals surface area contributed by atoms with Crippen LogP contribution >= 0.6 is 0 Å². The Bertz CT molecular complexity index is 145. The van der Waals surface area contributed by atoms with Gasteiger partial charge in [-0.25, -0.2) is 0 Å². The Morgan fingerprint density at radius 3 is 2.31 bits per heavy atom. The molecule has 0 atom stereocenters. The molecule has 0 rings (SSSR count). The van der Waals surface area contributed by atoms with E-state index in [1.54, 1.807) is 0 Å². The number of hydrogen-bond acceptors (Lipinski definition) is 2. The fraction of sp³-hybridized carbons (Fsp3) is 0.909. The van der Waals surface area contributed by atoms with Gasteiger partial charge < -0.3 is 4.74 Å². The van der Waals surface area contributed by atoms with Gasteiger partial charge in [0.1, 0.15) is 6.61 Å². The second-order valence-corrected chi connectivity index (χ2v) is 4.40. The van der Waals surface area contributed by atoms with E-state index in [9.17, 15) is 4.79 Å². The lowest BCUT2D eigenvalue weighted by atomic mass is 10.1. The number of hydrogen-bond donors (Lipinski definition) is 0. The van der Waals surface area contributed by atoms with E-state index in [1.165, 1.54) is 0 Å². The fourth-order valence-corrected chi connectivity index (χ4v) is 0.941. The predicted octanol–water partition coefficient (Wildman–Crippen LogP) is 2.95. The van der Waals surface area contributed by atoms with Gasteiger partial charge in [0, 0.05) is 6.42 Å². The van der Waals surface area contributed by atoms with Crippen LogP contribution in [0.5, 0.6) is 0 Å². The highest BCUT2D eigenvalue weighted by Crippen LogP contribution is 2.07. The third kappa shape index (κ3) is 9.54. The van der Waals surface area contributed by atoms with Crippen molar-refractivity contribution in [1.29, 1.82) is 0 Å². The number of carbonyl (C=O) groups excluding carboxylic acids is 1. The number of ether oxygens (including phenoxy) is 1. The van der Waals surface area contributed by atoms with E-state index >= 15 is 0 Å². The molecule has 0 aliphatic rings. The van der Waals surface area contributed by atoms with E-state index in [0.717, 1.165) is 19.3 Å². The average molecular weight is 186 g/mol. The molecule has 0 amide bonds. The van der Waals surface area contributed by atoms with Crippen LogP contribution in [0.25, 0.3) is 0 Å². The molecule has 0 aromatic rings. The fourth-order valence-electron chi connectivity index (χ4n) is 0.941. The molecular formula is C11H22O2. The highest BCUT2D eigenvalue weighted by Gasteiger charge is 2.12. The van der Waals surface area contributed by atoms with Gasteiger partial charge in [0.2, 0.25) is 0 Å². The summed E-state index contributed by atoms with van der Waals surface area (Å²) in [6, 6.07) is 0. The Balaban J connectivity index is 3.41. The van der Waals surface area contributed by atoms with Gasteiger partial charge in [0.05, 0.1) is 5.60 Å². The summed E-state index contributed by atoms with van der Waals surface area (Å²) < 4.78 is 5.37. The van der Waals surface area contributed by atoms with Crippen molar-refractivity contribution in [3.8, 4) is 0 Å². The van der Waals surface area contributed by atoms with Gasteiger partial charge in [0.25, 0.3) is 0 Å². The van der Waals surface area contributed by atoms with Gasteiger partial charge in [0.15, 0.2) is 5.78 Å². The Morgan fingerprint density at radius 2 is 1.85 bits per heavy atom. The summed E-state index contributed by atoms with van der Waals surface area (Å²) in [5.41, 5.74) is -0.194. The second-order valence-electron chi connectivity index (χ2n) is 4.40. The van der Waals surface area contributed by atoms with Gasteiger partial charge in [-0.2, -0.15) is 0 Å². The van der Waals surface area contributed by atoms with Gasteiger partial charge in [-0.3, -0.25) is 4.79 Å². The molecule has 0 aliphatic heterocycles. The van der Waals surface area contributed by atoms with Crippen LogP contribution in [-0.4, -0.2) is 18.0 Å². The predicted molar refractivity (Wildman–Crippen MR) is 54.9 cm³/mol. The maximum atomic E-state index is 11.2. The molecule has 0 saturated heterocycles. The van der Waals surface area contributed by atoms with Crippen LogP contribution in [0.4, 0.5) is 0 Å². The summed E-state index contributed by atoms with van der Waals surface area (Å²) in [5, 5.41) is 0. The maximum Gasteiger partial charge on any atom is 0.158 e. The monoisotopic (exact) mass is 186 g/mol. The Hall–Kier alpha value is -0.370. The van der Waals surface area contributed by atoms with Crippen LogP contribution in [0.2, 0.25) is 0 Å². The van der Waals surface area contributed by atoms with E-state index < -0.39 is 0 Å². The average Bonchev–Trinajstić information content (AvgIpc) is 2.00. The molecule has 0 fully saturated rings. The first-order chi connectivity index (χ1) is 5.95. The van der Waals surface area contributed by atoms with Crippen molar-refractivity contribution in [2.75, 3.05) is 6.61 Å². The van der Waals surface area contributed by atoms with Crippen molar-refractivity contribution in [2.24, 2.45) is 0 Å². The third-order valence-electron chi connectivity index (χ3n) is 1.73. The molecule has 0 spiro atoms. The first-order valence-electron chi connectivity index (χ1n) is 5.11. The van der Waals surface area contributed by atoms with Gasteiger partial charge in [-0.1, -0.05) is 19.8 Å². The highest BCUT2D eigenvalue weighted by molar-refractivity contribution is 5.79. The van der Waals surface area contributed by atoms with E-state index in [0.29, 0.717) is 6.42 Å². The summed E-state index contributed by atoms with van der Waals surface area (Å²) in [6.45, 7) is 8.30. The van der Waals surface area contributed by atoms with Crippen molar-refractivity contribution in [3.63, 3.8) is 0 Å². The molecule has 0 bridgehead atoms. The molecule has 0 heterocycles. The van der Waals surface area contributed by atoms with E-state index in [1.807, 2.05) is 20.8 Å². The zero-order valence-electron chi connectivity index (χ0n) is 9.35. The van der Waals surface area contributed by atoms with Crippen molar-refractivity contribution in [3.05, 3.63) is 0 Å². The largest absolute Gasteiger partial charge is 0.368 e. The van der Waals surface area contributed by atoms with Crippen LogP contribution in [0.1, 0.15) is 53.4 Å². The molecule has 0 aromatic heterocycles. The lowest BCUT2D eigenvalue weighted by molar-refractivity contribution is -0.128. The minimum atomic E-state index is -0.194. The quantitative estimate of drug-likeness (QED) is 0.596. The number of rotatable bonds is 6. The van der Waals surface area contributed by atoms with Crippen LogP contribution in [0.15, 0.2) is 0 Å². The zero-order valence-corrected chi connectivity index (χ0v) is 9.35. The van der Waals surface area contributed by atoms with Gasteiger partial charge >= 0.3 is 0 Å². The molecule has 78 valence electrons. The van der Waals surface area contributed by atoms with Crippen LogP contribution in [-0.2, 0) is 9.53 Å². The summed E-state index contributed by atoms with van der Waals surface area (Å²) in [7, 11) is 0. The van der Waals surface area contributed by atoms with E-state index in [2.05, 4.69) is 6.92 Å². The summed E-state index contributed by atoms with van der Waals surface area (Å²) >= 11 is 0. The minimum Gasteiger partial charge on any atom is -0.368 e. The first kappa shape index (κ1) is 12.6. The normalized spacial score (nSPS) is 11.7. The molecule has 2 heteroatoms. The summed E-state index contributed by atoms with van der Waals surface area (Å²) in [6.07, 6.45) is 3.97. The standard InChI is InChI=1S/C11H22O2/c1-5-6-7-8-10(12)9-13-11(2,3)4/h5-9H2,1-4H3. The van der Waals surface area contributed by atoms with Crippen LogP contribution < -0.4 is 0 Å². The zero-order chi connectivity index (χ0) is 10.3. The number of carbonyl (C=O) groups is 1. The minimum absolute atomic E-state index is 0.194. The van der Waals surface area contributed by atoms with Crippen LogP contribution in [0.3, 0.4) is 0 Å². The number of ketones is 1. The Kier molecular flexibility index (Phi) is 5.97. The molecule has 2 nitrogen and oxygen atoms in total. The summed E-state index contributed by atoms with van der Waals surface area (Å²) in [5.74, 6) is 0.225.